The maximum Gasteiger partial charge on any atom is 0.116 e. The van der Waals surface area contributed by atoms with Crippen molar-refractivity contribution in [2.24, 2.45) is 0 Å². The van der Waals surface area contributed by atoms with Gasteiger partial charge in [-0.3, -0.25) is 0 Å². The number of halogens is 1. The van der Waals surface area contributed by atoms with Gasteiger partial charge in [0, 0.05) is 11.8 Å². The largest absolute Gasteiger partial charge is 0.240 e. The molecule has 1 unspecified atom stereocenters. The molecule has 4 heteroatoms. The molecular weight excluding hydrogens is 228 g/mol. The van der Waals surface area contributed by atoms with E-state index in [9.17, 15) is 0 Å². The van der Waals surface area contributed by atoms with E-state index in [4.69, 9.17) is 11.6 Å². The molecule has 0 N–H and O–H groups in total. The quantitative estimate of drug-likeness (QED) is 0.763. The molecular formula is C11H13ClN2S. The molecule has 2 aromatic rings. The Morgan fingerprint density at radius 3 is 3.13 bits per heavy atom. The second-order valence-corrected chi connectivity index (χ2v) is 5.08. The van der Waals surface area contributed by atoms with Gasteiger partial charge < -0.3 is 0 Å². The van der Waals surface area contributed by atoms with Gasteiger partial charge in [-0.15, -0.1) is 22.9 Å². The van der Waals surface area contributed by atoms with Crippen molar-refractivity contribution in [2.75, 3.05) is 0 Å². The molecule has 2 aromatic heterocycles. The van der Waals surface area contributed by atoms with E-state index in [1.54, 1.807) is 17.7 Å². The highest BCUT2D eigenvalue weighted by atomic mass is 35.5. The van der Waals surface area contributed by atoms with Gasteiger partial charge in [0.15, 0.2) is 0 Å². The van der Waals surface area contributed by atoms with Crippen LogP contribution in [0.3, 0.4) is 0 Å². The predicted molar refractivity (Wildman–Crippen MR) is 65.7 cm³/mol. The van der Waals surface area contributed by atoms with Crippen LogP contribution in [0.4, 0.5) is 0 Å². The molecule has 0 aliphatic rings. The molecule has 15 heavy (non-hydrogen) atoms. The average molecular weight is 241 g/mol. The molecule has 0 radical (unpaired) electrons. The van der Waals surface area contributed by atoms with Gasteiger partial charge >= 0.3 is 0 Å². The summed E-state index contributed by atoms with van der Waals surface area (Å²) >= 11 is 7.92. The highest BCUT2D eigenvalue weighted by Crippen LogP contribution is 2.23. The number of alkyl halides is 1. The van der Waals surface area contributed by atoms with Crippen LogP contribution in [0.2, 0.25) is 0 Å². The average Bonchev–Trinajstić information content (AvgIpc) is 2.67. The van der Waals surface area contributed by atoms with Gasteiger partial charge in [0.1, 0.15) is 6.33 Å². The summed E-state index contributed by atoms with van der Waals surface area (Å²) < 4.78 is 1.18. The second-order valence-electron chi connectivity index (χ2n) is 3.55. The molecule has 2 rings (SSSR count). The molecule has 0 amide bonds. The van der Waals surface area contributed by atoms with E-state index in [0.717, 1.165) is 30.5 Å². The fourth-order valence-electron chi connectivity index (χ4n) is 1.61. The Bertz CT molecular complexity index is 441. The highest BCUT2D eigenvalue weighted by molar-refractivity contribution is 7.17. The minimum atomic E-state index is 0.190. The van der Waals surface area contributed by atoms with Gasteiger partial charge in [-0.05, 0) is 17.9 Å². The van der Waals surface area contributed by atoms with Crippen molar-refractivity contribution in [1.82, 2.24) is 9.97 Å². The molecule has 0 bridgehead atoms. The first-order valence-electron chi connectivity index (χ1n) is 5.12. The number of hydrogen-bond donors (Lipinski definition) is 0. The Morgan fingerprint density at radius 2 is 2.33 bits per heavy atom. The highest BCUT2D eigenvalue weighted by Gasteiger charge is 2.10. The Balaban J connectivity index is 2.23. The molecule has 1 atom stereocenters. The molecule has 80 valence electrons. The van der Waals surface area contributed by atoms with Crippen molar-refractivity contribution >= 4 is 33.2 Å². The molecule has 0 saturated carbocycles. The van der Waals surface area contributed by atoms with Crippen LogP contribution in [0.25, 0.3) is 10.2 Å². The van der Waals surface area contributed by atoms with Crippen molar-refractivity contribution in [3.05, 3.63) is 23.5 Å². The van der Waals surface area contributed by atoms with Crippen molar-refractivity contribution < 1.29 is 0 Å². The Kier molecular flexibility index (Phi) is 3.54. The van der Waals surface area contributed by atoms with E-state index in [1.807, 2.05) is 11.4 Å². The van der Waals surface area contributed by atoms with Crippen LogP contribution >= 0.6 is 22.9 Å². The van der Waals surface area contributed by atoms with Gasteiger partial charge in [0.05, 0.1) is 15.9 Å². The maximum atomic E-state index is 6.23. The number of hydrogen-bond acceptors (Lipinski definition) is 3. The summed E-state index contributed by atoms with van der Waals surface area (Å²) in [5.41, 5.74) is 2.12. The number of aromatic nitrogens is 2. The van der Waals surface area contributed by atoms with Crippen molar-refractivity contribution in [3.63, 3.8) is 0 Å². The lowest BCUT2D eigenvalue weighted by Gasteiger charge is -2.07. The first kappa shape index (κ1) is 10.8. The molecule has 0 spiro atoms. The van der Waals surface area contributed by atoms with E-state index in [1.165, 1.54) is 4.70 Å². The zero-order valence-corrected chi connectivity index (χ0v) is 10.2. The third-order valence-corrected chi connectivity index (χ3v) is 3.66. The van der Waals surface area contributed by atoms with Crippen LogP contribution < -0.4 is 0 Å². The lowest BCUT2D eigenvalue weighted by Crippen LogP contribution is -2.04. The third-order valence-electron chi connectivity index (χ3n) is 2.33. The normalized spacial score (nSPS) is 13.2. The summed E-state index contributed by atoms with van der Waals surface area (Å²) in [6.45, 7) is 2.15. The van der Waals surface area contributed by atoms with Gasteiger partial charge in [0.25, 0.3) is 0 Å². The molecule has 0 aliphatic heterocycles. The summed E-state index contributed by atoms with van der Waals surface area (Å²) in [5, 5.41) is 2.24. The monoisotopic (exact) mass is 240 g/mol. The standard InChI is InChI=1S/C11H13ClN2S/c1-2-3-8(12)6-10-11-9(4-5-15-11)13-7-14-10/h4-5,7-8H,2-3,6H2,1H3. The maximum absolute atomic E-state index is 6.23. The number of fused-ring (bicyclic) bond motifs is 1. The fraction of sp³-hybridized carbons (Fsp3) is 0.455. The summed E-state index contributed by atoms with van der Waals surface area (Å²) in [6.07, 6.45) is 4.63. The van der Waals surface area contributed by atoms with Crippen LogP contribution in [-0.4, -0.2) is 15.3 Å². The summed E-state index contributed by atoms with van der Waals surface area (Å²) in [7, 11) is 0. The van der Waals surface area contributed by atoms with E-state index in [0.29, 0.717) is 0 Å². The zero-order chi connectivity index (χ0) is 10.7. The predicted octanol–water partition coefficient (Wildman–Crippen LogP) is 3.64. The number of nitrogens with zero attached hydrogens (tertiary/aromatic N) is 2. The van der Waals surface area contributed by atoms with E-state index in [2.05, 4.69) is 16.9 Å². The lowest BCUT2D eigenvalue weighted by atomic mass is 10.1. The number of thiophene rings is 1. The van der Waals surface area contributed by atoms with Gasteiger partial charge in [-0.2, -0.15) is 0 Å². The molecule has 0 saturated heterocycles. The summed E-state index contributed by atoms with van der Waals surface area (Å²) in [6, 6.07) is 2.02. The molecule has 0 aromatic carbocycles. The fourth-order valence-corrected chi connectivity index (χ4v) is 2.82. The molecule has 2 heterocycles. The minimum absolute atomic E-state index is 0.190. The van der Waals surface area contributed by atoms with Crippen molar-refractivity contribution in [2.45, 2.75) is 31.6 Å². The molecule has 2 nitrogen and oxygen atoms in total. The summed E-state index contributed by atoms with van der Waals surface area (Å²) in [4.78, 5) is 8.53. The number of rotatable bonds is 4. The van der Waals surface area contributed by atoms with Crippen molar-refractivity contribution in [1.29, 1.82) is 0 Å². The van der Waals surface area contributed by atoms with Crippen molar-refractivity contribution in [3.8, 4) is 0 Å². The Morgan fingerprint density at radius 1 is 1.47 bits per heavy atom. The first-order chi connectivity index (χ1) is 7.31. The van der Waals surface area contributed by atoms with Gasteiger partial charge in [0.2, 0.25) is 0 Å². The molecule has 0 fully saturated rings. The minimum Gasteiger partial charge on any atom is -0.240 e. The summed E-state index contributed by atoms with van der Waals surface area (Å²) in [5.74, 6) is 0. The third kappa shape index (κ3) is 2.47. The smallest absolute Gasteiger partial charge is 0.116 e. The first-order valence-corrected chi connectivity index (χ1v) is 6.44. The van der Waals surface area contributed by atoms with Crippen LogP contribution in [0.5, 0.6) is 0 Å². The molecule has 0 aliphatic carbocycles. The van der Waals surface area contributed by atoms with Gasteiger partial charge in [-0.25, -0.2) is 9.97 Å². The van der Waals surface area contributed by atoms with Crippen LogP contribution in [0.1, 0.15) is 25.5 Å². The van der Waals surface area contributed by atoms with E-state index in [-0.39, 0.29) is 5.38 Å². The lowest BCUT2D eigenvalue weighted by molar-refractivity contribution is 0.719. The van der Waals surface area contributed by atoms with E-state index >= 15 is 0 Å². The Hall–Kier alpha value is -0.670. The van der Waals surface area contributed by atoms with E-state index < -0.39 is 0 Å². The second kappa shape index (κ2) is 4.90. The van der Waals surface area contributed by atoms with Crippen LogP contribution in [0.15, 0.2) is 17.8 Å². The topological polar surface area (TPSA) is 25.8 Å². The zero-order valence-electron chi connectivity index (χ0n) is 8.61. The van der Waals surface area contributed by atoms with Crippen LogP contribution in [-0.2, 0) is 6.42 Å². The SMILES string of the molecule is CCCC(Cl)Cc1ncnc2ccsc12. The van der Waals surface area contributed by atoms with Crippen LogP contribution in [0, 0.1) is 0 Å². The Labute approximate surface area is 98.3 Å². The van der Waals surface area contributed by atoms with Gasteiger partial charge in [-0.1, -0.05) is 13.3 Å².